The lowest BCUT2D eigenvalue weighted by Gasteiger charge is -2.22. The van der Waals surface area contributed by atoms with Crippen molar-refractivity contribution in [3.05, 3.63) is 60.7 Å². The Morgan fingerprint density at radius 1 is 1.25 bits per heavy atom. The minimum absolute atomic E-state index is 0.0751. The largest absolute Gasteiger partial charge is 0.497 e. The van der Waals surface area contributed by atoms with E-state index in [0.717, 1.165) is 11.3 Å². The molecule has 1 aliphatic rings. The van der Waals surface area contributed by atoms with E-state index < -0.39 is 5.92 Å². The van der Waals surface area contributed by atoms with Gasteiger partial charge in [0.05, 0.1) is 7.11 Å². The predicted molar refractivity (Wildman–Crippen MR) is 95.7 cm³/mol. The quantitative estimate of drug-likeness (QED) is 0.439. The molecule has 0 aromatic heterocycles. The number of ketones is 1. The molecule has 2 rings (SSSR count). The van der Waals surface area contributed by atoms with Gasteiger partial charge < -0.3 is 9.64 Å². The summed E-state index contributed by atoms with van der Waals surface area (Å²) >= 11 is 0. The number of carbonyl (C=O) groups excluding carboxylic acids is 2. The Morgan fingerprint density at radius 2 is 1.88 bits per heavy atom. The maximum absolute atomic E-state index is 12.6. The van der Waals surface area contributed by atoms with Crippen molar-refractivity contribution in [2.45, 2.75) is 12.8 Å². The van der Waals surface area contributed by atoms with Crippen LogP contribution in [-0.2, 0) is 9.59 Å². The lowest BCUT2D eigenvalue weighted by atomic mass is 10.0. The summed E-state index contributed by atoms with van der Waals surface area (Å²) in [4.78, 5) is 26.8. The van der Waals surface area contributed by atoms with Crippen LogP contribution in [0, 0.1) is 5.92 Å². The smallest absolute Gasteiger partial charge is 0.234 e. The van der Waals surface area contributed by atoms with Gasteiger partial charge >= 0.3 is 0 Å². The van der Waals surface area contributed by atoms with Gasteiger partial charge in [-0.05, 0) is 42.2 Å². The summed E-state index contributed by atoms with van der Waals surface area (Å²) in [5.41, 5.74) is 1.64. The second-order valence-electron chi connectivity index (χ2n) is 5.72. The molecule has 0 radical (unpaired) electrons. The van der Waals surface area contributed by atoms with Crippen LogP contribution < -0.4 is 4.74 Å². The fraction of sp³-hybridized carbons (Fsp3) is 0.300. The van der Waals surface area contributed by atoms with Gasteiger partial charge in [-0.1, -0.05) is 24.3 Å². The van der Waals surface area contributed by atoms with Gasteiger partial charge in [-0.25, -0.2) is 0 Å². The molecule has 1 amide bonds. The first-order chi connectivity index (χ1) is 11.6. The highest BCUT2D eigenvalue weighted by atomic mass is 16.5. The normalized spacial score (nSPS) is 18.5. The van der Waals surface area contributed by atoms with Gasteiger partial charge in [0, 0.05) is 13.1 Å². The first-order valence-corrected chi connectivity index (χ1v) is 8.00. The van der Waals surface area contributed by atoms with Crippen LogP contribution in [0.4, 0.5) is 0 Å². The number of methoxy groups -OCH3 is 1. The Hall–Kier alpha value is -2.62. The zero-order chi connectivity index (χ0) is 17.5. The van der Waals surface area contributed by atoms with Crippen LogP contribution in [0.15, 0.2) is 55.1 Å². The van der Waals surface area contributed by atoms with Gasteiger partial charge in [0.2, 0.25) is 5.91 Å². The minimum Gasteiger partial charge on any atom is -0.497 e. The highest BCUT2D eigenvalue weighted by molar-refractivity contribution is 6.13. The third kappa shape index (κ3) is 4.02. The molecule has 0 spiro atoms. The zero-order valence-corrected chi connectivity index (χ0v) is 14.0. The summed E-state index contributed by atoms with van der Waals surface area (Å²) < 4.78 is 5.13. The molecular weight excluding hydrogens is 302 g/mol. The number of allylic oxidation sites excluding steroid dienone is 1. The molecule has 4 nitrogen and oxygen atoms in total. The molecular formula is C20H23NO3. The Balaban J connectivity index is 2.13. The van der Waals surface area contributed by atoms with Gasteiger partial charge in [-0.3, -0.25) is 9.59 Å². The standard InChI is InChI=1S/C20H23NO3/c1-4-12-21(13-5-2)20(23)18-11-8-16(19(18)22)14-15-6-9-17(24-3)10-7-15/h4-7,9-10,14,18H,1-2,8,11-13H2,3H3/b16-14+. The maximum atomic E-state index is 12.6. The number of carbonyl (C=O) groups is 2. The molecule has 4 heteroatoms. The van der Waals surface area contributed by atoms with Crippen molar-refractivity contribution in [1.29, 1.82) is 0 Å². The average Bonchev–Trinajstić information content (AvgIpc) is 2.95. The second-order valence-corrected chi connectivity index (χ2v) is 5.72. The van der Waals surface area contributed by atoms with E-state index in [1.165, 1.54) is 0 Å². The van der Waals surface area contributed by atoms with Crippen LogP contribution in [0.25, 0.3) is 6.08 Å². The molecule has 0 bridgehead atoms. The molecule has 0 saturated heterocycles. The van der Waals surface area contributed by atoms with Crippen molar-refractivity contribution < 1.29 is 14.3 Å². The topological polar surface area (TPSA) is 46.6 Å². The summed E-state index contributed by atoms with van der Waals surface area (Å²) in [6, 6.07) is 7.50. The first-order valence-electron chi connectivity index (χ1n) is 8.00. The van der Waals surface area contributed by atoms with Crippen LogP contribution in [0.1, 0.15) is 18.4 Å². The SMILES string of the molecule is C=CCN(CC=C)C(=O)C1CC/C(=C\c2ccc(OC)cc2)C1=O. The fourth-order valence-electron chi connectivity index (χ4n) is 2.84. The number of hydrogen-bond acceptors (Lipinski definition) is 3. The molecule has 126 valence electrons. The van der Waals surface area contributed by atoms with Crippen LogP contribution in [0.3, 0.4) is 0 Å². The average molecular weight is 325 g/mol. The molecule has 0 heterocycles. The highest BCUT2D eigenvalue weighted by Gasteiger charge is 2.36. The molecule has 1 aromatic rings. The van der Waals surface area contributed by atoms with Gasteiger partial charge in [-0.2, -0.15) is 0 Å². The Morgan fingerprint density at radius 3 is 2.42 bits per heavy atom. The fourth-order valence-corrected chi connectivity index (χ4v) is 2.84. The predicted octanol–water partition coefficient (Wildman–Crippen LogP) is 3.26. The second kappa shape index (κ2) is 8.29. The Labute approximate surface area is 143 Å². The summed E-state index contributed by atoms with van der Waals surface area (Å²) in [5.74, 6) is -0.0336. The number of ether oxygens (including phenoxy) is 1. The third-order valence-corrected chi connectivity index (χ3v) is 4.10. The van der Waals surface area contributed by atoms with E-state index in [4.69, 9.17) is 4.74 Å². The van der Waals surface area contributed by atoms with E-state index in [1.54, 1.807) is 24.2 Å². The number of nitrogens with zero attached hydrogens (tertiary/aromatic N) is 1. The number of amides is 1. The number of hydrogen-bond donors (Lipinski definition) is 0. The Bertz CT molecular complexity index is 648. The molecule has 1 atom stereocenters. The van der Waals surface area contributed by atoms with E-state index in [1.807, 2.05) is 30.3 Å². The van der Waals surface area contributed by atoms with Crippen LogP contribution in [-0.4, -0.2) is 36.8 Å². The van der Waals surface area contributed by atoms with Crippen molar-refractivity contribution in [2.24, 2.45) is 5.92 Å². The van der Waals surface area contributed by atoms with Crippen molar-refractivity contribution >= 4 is 17.8 Å². The van der Waals surface area contributed by atoms with E-state index in [2.05, 4.69) is 13.2 Å². The summed E-state index contributed by atoms with van der Waals surface area (Å²) in [6.45, 7) is 8.17. The van der Waals surface area contributed by atoms with Gasteiger partial charge in [-0.15, -0.1) is 13.2 Å². The molecule has 1 fully saturated rings. The van der Waals surface area contributed by atoms with Crippen LogP contribution >= 0.6 is 0 Å². The summed E-state index contributed by atoms with van der Waals surface area (Å²) in [7, 11) is 1.61. The maximum Gasteiger partial charge on any atom is 0.234 e. The van der Waals surface area contributed by atoms with E-state index in [-0.39, 0.29) is 11.7 Å². The van der Waals surface area contributed by atoms with Crippen LogP contribution in [0.5, 0.6) is 5.75 Å². The molecule has 1 unspecified atom stereocenters. The van der Waals surface area contributed by atoms with Gasteiger partial charge in [0.15, 0.2) is 5.78 Å². The summed E-state index contributed by atoms with van der Waals surface area (Å²) in [6.07, 6.45) is 6.37. The zero-order valence-electron chi connectivity index (χ0n) is 14.0. The van der Waals surface area contributed by atoms with Crippen molar-refractivity contribution in [1.82, 2.24) is 4.90 Å². The molecule has 0 N–H and O–H groups in total. The third-order valence-electron chi connectivity index (χ3n) is 4.10. The monoisotopic (exact) mass is 325 g/mol. The minimum atomic E-state index is -0.589. The first kappa shape index (κ1) is 17.7. The van der Waals surface area contributed by atoms with Gasteiger partial charge in [0.25, 0.3) is 0 Å². The van der Waals surface area contributed by atoms with Crippen molar-refractivity contribution in [3.8, 4) is 5.75 Å². The van der Waals surface area contributed by atoms with E-state index in [9.17, 15) is 9.59 Å². The molecule has 1 aromatic carbocycles. The van der Waals surface area contributed by atoms with E-state index in [0.29, 0.717) is 31.5 Å². The Kier molecular flexibility index (Phi) is 6.13. The lowest BCUT2D eigenvalue weighted by Crippen LogP contribution is -2.38. The van der Waals surface area contributed by atoms with Gasteiger partial charge in [0.1, 0.15) is 11.7 Å². The highest BCUT2D eigenvalue weighted by Crippen LogP contribution is 2.30. The number of Topliss-reactive ketones (excluding diaryl/α,β-unsaturated/α-hetero) is 1. The summed E-state index contributed by atoms with van der Waals surface area (Å²) in [5, 5.41) is 0. The molecule has 24 heavy (non-hydrogen) atoms. The molecule has 1 saturated carbocycles. The number of rotatable bonds is 7. The van der Waals surface area contributed by atoms with E-state index >= 15 is 0 Å². The number of benzene rings is 1. The molecule has 0 aliphatic heterocycles. The van der Waals surface area contributed by atoms with Crippen molar-refractivity contribution in [2.75, 3.05) is 20.2 Å². The lowest BCUT2D eigenvalue weighted by molar-refractivity contribution is -0.138. The molecule has 1 aliphatic carbocycles. The van der Waals surface area contributed by atoms with Crippen LogP contribution in [0.2, 0.25) is 0 Å². The van der Waals surface area contributed by atoms with Crippen molar-refractivity contribution in [3.63, 3.8) is 0 Å².